The van der Waals surface area contributed by atoms with E-state index in [0.29, 0.717) is 32.9 Å². The molecule has 0 atom stereocenters. The van der Waals surface area contributed by atoms with E-state index in [1.165, 1.54) is 4.31 Å². The van der Waals surface area contributed by atoms with Gasteiger partial charge in [0, 0.05) is 33.9 Å². The second-order valence-corrected chi connectivity index (χ2v) is 6.35. The van der Waals surface area contributed by atoms with Crippen LogP contribution in [0.1, 0.15) is 19.3 Å². The molecule has 0 rings (SSSR count). The summed E-state index contributed by atoms with van der Waals surface area (Å²) in [5.41, 5.74) is 0. The molecule has 0 aliphatic rings. The average Bonchev–Trinajstić information content (AvgIpc) is 2.42. The lowest BCUT2D eigenvalue weighted by atomic mass is 10.3. The fourth-order valence-electron chi connectivity index (χ4n) is 1.48. The van der Waals surface area contributed by atoms with Gasteiger partial charge in [-0.15, -0.1) is 0 Å². The molecule has 0 amide bonds. The molecule has 0 heterocycles. The molecule has 7 nitrogen and oxygen atoms in total. The molecule has 0 spiro atoms. The van der Waals surface area contributed by atoms with Crippen molar-refractivity contribution in [2.24, 2.45) is 0 Å². The van der Waals surface area contributed by atoms with Crippen molar-refractivity contribution in [3.8, 4) is 0 Å². The van der Waals surface area contributed by atoms with Crippen molar-refractivity contribution in [1.82, 2.24) is 14.3 Å². The summed E-state index contributed by atoms with van der Waals surface area (Å²) in [6.45, 7) is 3.55. The van der Waals surface area contributed by atoms with Crippen molar-refractivity contribution in [3.05, 3.63) is 0 Å². The number of hydrogen-bond donors (Lipinski definition) is 2. The highest BCUT2D eigenvalue weighted by atomic mass is 32.2. The third-order valence-electron chi connectivity index (χ3n) is 2.74. The van der Waals surface area contributed by atoms with Crippen LogP contribution in [0.5, 0.6) is 0 Å². The smallest absolute Gasteiger partial charge is 0.279 e. The number of methoxy groups -OCH3 is 1. The summed E-state index contributed by atoms with van der Waals surface area (Å²) in [5, 5.41) is 2.99. The first-order valence-corrected chi connectivity index (χ1v) is 8.40. The predicted molar refractivity (Wildman–Crippen MR) is 80.0 cm³/mol. The third kappa shape index (κ3) is 10.5. The monoisotopic (exact) mass is 311 g/mol. The summed E-state index contributed by atoms with van der Waals surface area (Å²) >= 11 is 0. The molecule has 0 aliphatic carbocycles. The number of hydrogen-bond acceptors (Lipinski definition) is 5. The van der Waals surface area contributed by atoms with Gasteiger partial charge in [-0.1, -0.05) is 0 Å². The Morgan fingerprint density at radius 2 is 1.80 bits per heavy atom. The zero-order valence-electron chi connectivity index (χ0n) is 12.9. The van der Waals surface area contributed by atoms with Crippen LogP contribution in [-0.4, -0.2) is 73.4 Å². The fraction of sp³-hybridized carbons (Fsp3) is 1.00. The van der Waals surface area contributed by atoms with Crippen LogP contribution in [0.2, 0.25) is 0 Å². The Kier molecular flexibility index (Phi) is 12.3. The molecular formula is C12H29N3O4S. The van der Waals surface area contributed by atoms with Gasteiger partial charge in [-0.2, -0.15) is 12.7 Å². The lowest BCUT2D eigenvalue weighted by molar-refractivity contribution is 0.0689. The second kappa shape index (κ2) is 12.5. The fourth-order valence-corrected chi connectivity index (χ4v) is 2.48. The highest BCUT2D eigenvalue weighted by Crippen LogP contribution is 1.97. The second-order valence-electron chi connectivity index (χ2n) is 4.49. The summed E-state index contributed by atoms with van der Waals surface area (Å²) in [7, 11) is 1.72. The molecule has 2 N–H and O–H groups in total. The van der Waals surface area contributed by atoms with Gasteiger partial charge >= 0.3 is 0 Å². The lowest BCUT2D eigenvalue weighted by Gasteiger charge is -2.17. The van der Waals surface area contributed by atoms with Gasteiger partial charge in [0.2, 0.25) is 0 Å². The molecule has 0 unspecified atom stereocenters. The Hall–Kier alpha value is -0.250. The minimum Gasteiger partial charge on any atom is -0.382 e. The molecule has 0 radical (unpaired) electrons. The van der Waals surface area contributed by atoms with Crippen LogP contribution in [0.25, 0.3) is 0 Å². The number of nitrogens with one attached hydrogen (secondary N) is 2. The molecule has 0 aromatic carbocycles. The molecule has 0 bridgehead atoms. The Bertz CT molecular complexity index is 312. The van der Waals surface area contributed by atoms with Crippen LogP contribution in [0.4, 0.5) is 0 Å². The van der Waals surface area contributed by atoms with E-state index in [-0.39, 0.29) is 0 Å². The summed E-state index contributed by atoms with van der Waals surface area (Å²) in [6.07, 6.45) is 2.38. The van der Waals surface area contributed by atoms with Crippen LogP contribution in [-0.2, 0) is 19.7 Å². The van der Waals surface area contributed by atoms with Gasteiger partial charge in [-0.3, -0.25) is 0 Å². The normalized spacial score (nSPS) is 12.2. The first-order valence-electron chi connectivity index (χ1n) is 6.96. The van der Waals surface area contributed by atoms with Gasteiger partial charge in [0.1, 0.15) is 0 Å². The lowest BCUT2D eigenvalue weighted by Crippen LogP contribution is -2.39. The van der Waals surface area contributed by atoms with E-state index in [2.05, 4.69) is 10.0 Å². The van der Waals surface area contributed by atoms with E-state index in [1.807, 2.05) is 7.05 Å². The minimum atomic E-state index is -3.35. The molecule has 0 saturated carbocycles. The number of rotatable bonds is 14. The number of ether oxygens (including phenoxy) is 2. The Morgan fingerprint density at radius 1 is 1.05 bits per heavy atom. The van der Waals surface area contributed by atoms with Gasteiger partial charge in [-0.25, -0.2) is 4.72 Å². The third-order valence-corrected chi connectivity index (χ3v) is 4.31. The molecule has 20 heavy (non-hydrogen) atoms. The molecule has 0 fully saturated rings. The molecule has 0 aliphatic heterocycles. The standard InChI is InChI=1S/C12H29N3O4S/c1-13-7-6-9-15(2)20(16,17)14-8-4-5-10-19-12-11-18-3/h13-14H,4-12H2,1-3H3. The van der Waals surface area contributed by atoms with Crippen LogP contribution < -0.4 is 10.0 Å². The first kappa shape index (κ1) is 19.8. The molecule has 0 saturated heterocycles. The van der Waals surface area contributed by atoms with Gasteiger partial charge in [0.15, 0.2) is 0 Å². The Morgan fingerprint density at radius 3 is 2.45 bits per heavy atom. The van der Waals surface area contributed by atoms with Gasteiger partial charge in [0.05, 0.1) is 13.2 Å². The first-order chi connectivity index (χ1) is 9.54. The van der Waals surface area contributed by atoms with E-state index in [9.17, 15) is 8.42 Å². The van der Waals surface area contributed by atoms with E-state index in [0.717, 1.165) is 25.8 Å². The van der Waals surface area contributed by atoms with E-state index < -0.39 is 10.2 Å². The minimum absolute atomic E-state index is 0.437. The molecular weight excluding hydrogens is 282 g/mol. The summed E-state index contributed by atoms with van der Waals surface area (Å²) in [5.74, 6) is 0. The quantitative estimate of drug-likeness (QED) is 0.435. The van der Waals surface area contributed by atoms with Crippen molar-refractivity contribution in [2.45, 2.75) is 19.3 Å². The zero-order valence-corrected chi connectivity index (χ0v) is 13.7. The molecule has 122 valence electrons. The van der Waals surface area contributed by atoms with E-state index in [4.69, 9.17) is 9.47 Å². The molecule has 0 aromatic rings. The zero-order chi connectivity index (χ0) is 15.3. The van der Waals surface area contributed by atoms with Crippen molar-refractivity contribution in [1.29, 1.82) is 0 Å². The number of unbranched alkanes of at least 4 members (excludes halogenated alkanes) is 1. The summed E-state index contributed by atoms with van der Waals surface area (Å²) in [4.78, 5) is 0. The maximum Gasteiger partial charge on any atom is 0.279 e. The molecule has 0 aromatic heterocycles. The number of nitrogens with zero attached hydrogens (tertiary/aromatic N) is 1. The topological polar surface area (TPSA) is 79.9 Å². The van der Waals surface area contributed by atoms with Gasteiger partial charge in [-0.05, 0) is 32.9 Å². The largest absolute Gasteiger partial charge is 0.382 e. The molecule has 8 heteroatoms. The van der Waals surface area contributed by atoms with E-state index in [1.54, 1.807) is 14.2 Å². The van der Waals surface area contributed by atoms with Crippen molar-refractivity contribution >= 4 is 10.2 Å². The summed E-state index contributed by atoms with van der Waals surface area (Å²) < 4.78 is 37.8. The average molecular weight is 311 g/mol. The van der Waals surface area contributed by atoms with E-state index >= 15 is 0 Å². The highest BCUT2D eigenvalue weighted by molar-refractivity contribution is 7.87. The van der Waals surface area contributed by atoms with Crippen LogP contribution in [0, 0.1) is 0 Å². The van der Waals surface area contributed by atoms with Gasteiger partial charge < -0.3 is 14.8 Å². The predicted octanol–water partition coefficient (Wildman–Crippen LogP) is -0.195. The Labute approximate surface area is 123 Å². The Balaban J connectivity index is 3.61. The maximum atomic E-state index is 11.8. The van der Waals surface area contributed by atoms with Gasteiger partial charge in [0.25, 0.3) is 10.2 Å². The highest BCUT2D eigenvalue weighted by Gasteiger charge is 2.15. The van der Waals surface area contributed by atoms with Crippen molar-refractivity contribution < 1.29 is 17.9 Å². The van der Waals surface area contributed by atoms with Crippen molar-refractivity contribution in [3.63, 3.8) is 0 Å². The maximum absolute atomic E-state index is 11.8. The SMILES string of the molecule is CNCCCN(C)S(=O)(=O)NCCCCOCCOC. The van der Waals surface area contributed by atoms with Crippen LogP contribution >= 0.6 is 0 Å². The van der Waals surface area contributed by atoms with Crippen LogP contribution in [0.15, 0.2) is 0 Å². The van der Waals surface area contributed by atoms with Crippen LogP contribution in [0.3, 0.4) is 0 Å². The van der Waals surface area contributed by atoms with Crippen molar-refractivity contribution in [2.75, 3.05) is 60.7 Å². The summed E-state index contributed by atoms with van der Waals surface area (Å²) in [6, 6.07) is 0.